The lowest BCUT2D eigenvalue weighted by Crippen LogP contribution is -2.30. The van der Waals surface area contributed by atoms with Gasteiger partial charge in [0.1, 0.15) is 22.7 Å². The molecule has 39 heavy (non-hydrogen) atoms. The Morgan fingerprint density at radius 2 is 1.72 bits per heavy atom. The zero-order chi connectivity index (χ0) is 27.9. The van der Waals surface area contributed by atoms with Gasteiger partial charge >= 0.3 is 6.09 Å². The largest absolute Gasteiger partial charge is 0.507 e. The Morgan fingerprint density at radius 3 is 2.41 bits per heavy atom. The molecule has 1 unspecified atom stereocenters. The lowest BCUT2D eigenvalue weighted by atomic mass is 9.95. The standard InChI is InChI=1S/C26H24ClN5O5S2/c1-26(2,3)37-25(36)31-24-28-16(11-38-24)21(34)30-23-29-17(12-39-23)22(35)32-10-13(9-27)20-15-7-5-4-6-14(15)19(33)8-18(20)32/h4-8,11-13,33H,9-10H2,1-3H3,(H,28,31,36)(H,29,30,34). The summed E-state index contributed by atoms with van der Waals surface area (Å²) in [5, 5.41) is 20.8. The van der Waals surface area contributed by atoms with Crippen LogP contribution in [-0.2, 0) is 4.74 Å². The molecule has 2 aromatic carbocycles. The minimum atomic E-state index is -0.673. The number of phenols is 1. The molecule has 13 heteroatoms. The van der Waals surface area contributed by atoms with Gasteiger partial charge in [-0.3, -0.25) is 20.2 Å². The highest BCUT2D eigenvalue weighted by Crippen LogP contribution is 2.45. The molecule has 1 atom stereocenters. The highest BCUT2D eigenvalue weighted by atomic mass is 35.5. The highest BCUT2D eigenvalue weighted by Gasteiger charge is 2.35. The molecule has 4 aromatic rings. The van der Waals surface area contributed by atoms with Crippen LogP contribution in [0.2, 0.25) is 0 Å². The van der Waals surface area contributed by atoms with E-state index in [9.17, 15) is 19.5 Å². The molecule has 10 nitrogen and oxygen atoms in total. The third-order valence-corrected chi connectivity index (χ3v) is 7.75. The fraction of sp³-hybridized carbons (Fsp3) is 0.269. The van der Waals surface area contributed by atoms with Crippen molar-refractivity contribution in [1.29, 1.82) is 0 Å². The molecule has 1 aliphatic rings. The van der Waals surface area contributed by atoms with Crippen molar-refractivity contribution in [1.82, 2.24) is 9.97 Å². The molecule has 0 spiro atoms. The van der Waals surface area contributed by atoms with Crippen molar-refractivity contribution in [2.75, 3.05) is 28.0 Å². The third-order valence-electron chi connectivity index (χ3n) is 5.86. The van der Waals surface area contributed by atoms with E-state index in [0.29, 0.717) is 23.5 Å². The number of nitrogens with zero attached hydrogens (tertiary/aromatic N) is 3. The van der Waals surface area contributed by atoms with E-state index in [1.165, 1.54) is 5.38 Å². The number of fused-ring (bicyclic) bond motifs is 3. The first kappa shape index (κ1) is 26.9. The molecule has 0 aliphatic carbocycles. The van der Waals surface area contributed by atoms with Crippen LogP contribution in [0.25, 0.3) is 10.8 Å². The van der Waals surface area contributed by atoms with Crippen molar-refractivity contribution in [3.63, 3.8) is 0 Å². The van der Waals surface area contributed by atoms with Crippen LogP contribution < -0.4 is 15.5 Å². The van der Waals surface area contributed by atoms with Gasteiger partial charge in [-0.25, -0.2) is 14.8 Å². The number of thiazole rings is 2. The van der Waals surface area contributed by atoms with E-state index >= 15 is 0 Å². The average Bonchev–Trinajstić information content (AvgIpc) is 3.61. The summed E-state index contributed by atoms with van der Waals surface area (Å²) in [4.78, 5) is 48.1. The van der Waals surface area contributed by atoms with Gasteiger partial charge in [0.2, 0.25) is 0 Å². The number of hydrogen-bond acceptors (Lipinski definition) is 9. The number of anilines is 3. The van der Waals surface area contributed by atoms with E-state index in [4.69, 9.17) is 16.3 Å². The van der Waals surface area contributed by atoms with Gasteiger partial charge in [0.15, 0.2) is 10.3 Å². The van der Waals surface area contributed by atoms with E-state index in [-0.39, 0.29) is 39.2 Å². The lowest BCUT2D eigenvalue weighted by Gasteiger charge is -2.18. The number of hydrogen-bond donors (Lipinski definition) is 3. The summed E-state index contributed by atoms with van der Waals surface area (Å²) in [6.07, 6.45) is -0.673. The smallest absolute Gasteiger partial charge is 0.413 e. The molecule has 202 valence electrons. The monoisotopic (exact) mass is 585 g/mol. The summed E-state index contributed by atoms with van der Waals surface area (Å²) in [5.74, 6) is -0.633. The van der Waals surface area contributed by atoms with Gasteiger partial charge in [-0.15, -0.1) is 34.3 Å². The third kappa shape index (κ3) is 5.54. The van der Waals surface area contributed by atoms with E-state index in [2.05, 4.69) is 20.6 Å². The van der Waals surface area contributed by atoms with E-state index in [0.717, 1.165) is 33.6 Å². The average molecular weight is 586 g/mol. The molecule has 1 aliphatic heterocycles. The predicted octanol–water partition coefficient (Wildman–Crippen LogP) is 6.04. The van der Waals surface area contributed by atoms with Gasteiger partial charge in [-0.05, 0) is 31.7 Å². The Bertz CT molecular complexity index is 1600. The summed E-state index contributed by atoms with van der Waals surface area (Å²) in [6, 6.07) is 9.05. The van der Waals surface area contributed by atoms with Crippen molar-refractivity contribution in [2.45, 2.75) is 32.3 Å². The zero-order valence-electron chi connectivity index (χ0n) is 21.1. The summed E-state index contributed by atoms with van der Waals surface area (Å²) < 4.78 is 5.19. The van der Waals surface area contributed by atoms with Crippen LogP contribution in [0, 0.1) is 0 Å². The topological polar surface area (TPSA) is 134 Å². The number of alkyl halides is 1. The van der Waals surface area contributed by atoms with Crippen LogP contribution in [0.3, 0.4) is 0 Å². The molecule has 0 bridgehead atoms. The predicted molar refractivity (Wildman–Crippen MR) is 153 cm³/mol. The van der Waals surface area contributed by atoms with Crippen LogP contribution in [0.4, 0.5) is 20.7 Å². The van der Waals surface area contributed by atoms with Crippen molar-refractivity contribution in [3.05, 3.63) is 58.0 Å². The van der Waals surface area contributed by atoms with E-state index in [1.54, 1.807) is 37.1 Å². The van der Waals surface area contributed by atoms with Crippen LogP contribution in [0.1, 0.15) is 53.2 Å². The number of ether oxygens (including phenoxy) is 1. The number of benzene rings is 2. The first-order chi connectivity index (χ1) is 18.5. The molecule has 3 heterocycles. The number of carbonyl (C=O) groups excluding carboxylic acids is 3. The maximum Gasteiger partial charge on any atom is 0.413 e. The van der Waals surface area contributed by atoms with Crippen LogP contribution >= 0.6 is 34.3 Å². The number of aromatic nitrogens is 2. The minimum absolute atomic E-state index is 0.0763. The van der Waals surface area contributed by atoms with Gasteiger partial charge in [0, 0.05) is 40.6 Å². The fourth-order valence-electron chi connectivity index (χ4n) is 4.30. The molecule has 0 saturated carbocycles. The summed E-state index contributed by atoms with van der Waals surface area (Å²) >= 11 is 8.44. The normalized spacial score (nSPS) is 14.8. The Hall–Kier alpha value is -3.74. The lowest BCUT2D eigenvalue weighted by molar-refractivity contribution is 0.0635. The van der Waals surface area contributed by atoms with Gasteiger partial charge in [-0.1, -0.05) is 24.3 Å². The van der Waals surface area contributed by atoms with Crippen molar-refractivity contribution < 1.29 is 24.2 Å². The number of carbonyl (C=O) groups is 3. The van der Waals surface area contributed by atoms with Gasteiger partial charge < -0.3 is 14.7 Å². The quantitative estimate of drug-likeness (QED) is 0.243. The number of phenolic OH excluding ortho intramolecular Hbond substituents is 1. The molecular formula is C26H24ClN5O5S2. The second-order valence-corrected chi connectivity index (χ2v) is 11.8. The molecule has 0 saturated heterocycles. The zero-order valence-corrected chi connectivity index (χ0v) is 23.5. The fourth-order valence-corrected chi connectivity index (χ4v) is 5.91. The second-order valence-electron chi connectivity index (χ2n) is 9.80. The molecular weight excluding hydrogens is 562 g/mol. The summed E-state index contributed by atoms with van der Waals surface area (Å²) in [6.45, 7) is 5.57. The number of nitrogens with one attached hydrogen (secondary N) is 2. The maximum atomic E-state index is 13.5. The number of amides is 3. The molecule has 3 amide bonds. The Balaban J connectivity index is 1.30. The van der Waals surface area contributed by atoms with Crippen LogP contribution in [-0.4, -0.2) is 51.0 Å². The Kier molecular flexibility index (Phi) is 7.19. The first-order valence-corrected chi connectivity index (χ1v) is 14.2. The van der Waals surface area contributed by atoms with Crippen LogP contribution in [0.5, 0.6) is 5.75 Å². The van der Waals surface area contributed by atoms with E-state index in [1.807, 2.05) is 24.3 Å². The maximum absolute atomic E-state index is 13.5. The number of aromatic hydroxyl groups is 1. The Morgan fingerprint density at radius 1 is 1.08 bits per heavy atom. The van der Waals surface area contributed by atoms with Crippen molar-refractivity contribution in [2.24, 2.45) is 0 Å². The molecule has 3 N–H and O–H groups in total. The van der Waals surface area contributed by atoms with Gasteiger partial charge in [0.25, 0.3) is 11.8 Å². The molecule has 5 rings (SSSR count). The second kappa shape index (κ2) is 10.4. The number of halogens is 1. The van der Waals surface area contributed by atoms with E-state index < -0.39 is 17.6 Å². The summed E-state index contributed by atoms with van der Waals surface area (Å²) in [7, 11) is 0. The van der Waals surface area contributed by atoms with Crippen molar-refractivity contribution >= 4 is 78.9 Å². The first-order valence-electron chi connectivity index (χ1n) is 11.9. The van der Waals surface area contributed by atoms with Crippen LogP contribution in [0.15, 0.2) is 41.1 Å². The van der Waals surface area contributed by atoms with Gasteiger partial charge in [0.05, 0.1) is 5.69 Å². The SMILES string of the molecule is CC(C)(C)OC(=O)Nc1nc(C(=O)Nc2nc(C(=O)N3CC(CCl)c4c3cc(O)c3ccccc43)cs2)cs1. The minimum Gasteiger partial charge on any atom is -0.507 e. The highest BCUT2D eigenvalue weighted by molar-refractivity contribution is 7.14. The molecule has 2 aromatic heterocycles. The summed E-state index contributed by atoms with van der Waals surface area (Å²) in [5.41, 5.74) is 1.06. The molecule has 0 radical (unpaired) electrons. The number of rotatable bonds is 5. The Labute approximate surface area is 236 Å². The molecule has 0 fully saturated rings. The van der Waals surface area contributed by atoms with Crippen molar-refractivity contribution in [3.8, 4) is 5.75 Å². The van der Waals surface area contributed by atoms with Gasteiger partial charge in [-0.2, -0.15) is 0 Å².